The molecule has 1 aromatic heterocycles. The monoisotopic (exact) mass is 266 g/mol. The van der Waals surface area contributed by atoms with Crippen LogP contribution in [0.4, 0.5) is 0 Å². The van der Waals surface area contributed by atoms with E-state index in [1.54, 1.807) is 7.11 Å². The number of para-hydroxylation sites is 2. The average molecular weight is 266 g/mol. The molecule has 3 nitrogen and oxygen atoms in total. The predicted molar refractivity (Wildman–Crippen MR) is 80.7 cm³/mol. The summed E-state index contributed by atoms with van der Waals surface area (Å²) in [7, 11) is 1.71. The van der Waals surface area contributed by atoms with Crippen molar-refractivity contribution in [1.82, 2.24) is 9.55 Å². The molecule has 3 heteroatoms. The normalized spacial score (nSPS) is 12.7. The summed E-state index contributed by atoms with van der Waals surface area (Å²) in [5.41, 5.74) is 3.44. The Balaban J connectivity index is 2.15. The third kappa shape index (κ3) is 2.21. The number of ether oxygens (including phenoxy) is 1. The van der Waals surface area contributed by atoms with Gasteiger partial charge in [-0.3, -0.25) is 0 Å². The van der Waals surface area contributed by atoms with Gasteiger partial charge in [0.1, 0.15) is 12.4 Å². The Kier molecular flexibility index (Phi) is 3.52. The maximum Gasteiger partial charge on any atom is 0.136 e. The lowest BCUT2D eigenvalue weighted by Gasteiger charge is -2.18. The van der Waals surface area contributed by atoms with Crippen LogP contribution in [0.25, 0.3) is 11.0 Å². The number of hydrogen-bond donors (Lipinski definition) is 0. The lowest BCUT2D eigenvalue weighted by molar-refractivity contribution is 0.174. The maximum absolute atomic E-state index is 5.30. The fraction of sp³-hybridized carbons (Fsp3) is 0.235. The zero-order valence-electron chi connectivity index (χ0n) is 11.8. The van der Waals surface area contributed by atoms with Gasteiger partial charge in [-0.05, 0) is 24.6 Å². The molecular formula is C17H18N2O. The van der Waals surface area contributed by atoms with Crippen LogP contribution in [0.3, 0.4) is 0 Å². The van der Waals surface area contributed by atoms with Crippen LogP contribution in [0.2, 0.25) is 0 Å². The standard InChI is InChI=1S/C17H18N2O/c1-13(14-8-4-3-5-9-14)19-16-11-7-6-10-15(16)18-17(19)12-20-2/h3-11,13H,12H2,1-2H3/t13-/m0/s1. The molecule has 20 heavy (non-hydrogen) atoms. The Morgan fingerprint density at radius 3 is 2.50 bits per heavy atom. The summed E-state index contributed by atoms with van der Waals surface area (Å²) < 4.78 is 7.56. The van der Waals surface area contributed by atoms with E-state index in [9.17, 15) is 0 Å². The Hall–Kier alpha value is -2.13. The Morgan fingerprint density at radius 2 is 1.75 bits per heavy atom. The number of hydrogen-bond acceptors (Lipinski definition) is 2. The largest absolute Gasteiger partial charge is 0.377 e. The van der Waals surface area contributed by atoms with Gasteiger partial charge in [0.25, 0.3) is 0 Å². The van der Waals surface area contributed by atoms with Crippen molar-refractivity contribution in [3.05, 3.63) is 66.0 Å². The number of fused-ring (bicyclic) bond motifs is 1. The third-order valence-electron chi connectivity index (χ3n) is 3.61. The SMILES string of the molecule is COCc1nc2ccccc2n1[C@@H](C)c1ccccc1. The molecule has 0 bridgehead atoms. The van der Waals surface area contributed by atoms with Gasteiger partial charge < -0.3 is 9.30 Å². The van der Waals surface area contributed by atoms with E-state index in [1.807, 2.05) is 18.2 Å². The van der Waals surface area contributed by atoms with Gasteiger partial charge in [0.2, 0.25) is 0 Å². The first-order chi connectivity index (χ1) is 9.81. The first-order valence-corrected chi connectivity index (χ1v) is 6.81. The van der Waals surface area contributed by atoms with Crippen molar-refractivity contribution < 1.29 is 4.74 Å². The second-order valence-corrected chi connectivity index (χ2v) is 4.91. The quantitative estimate of drug-likeness (QED) is 0.718. The zero-order chi connectivity index (χ0) is 13.9. The third-order valence-corrected chi connectivity index (χ3v) is 3.61. The molecule has 0 aliphatic carbocycles. The molecule has 0 N–H and O–H groups in total. The van der Waals surface area contributed by atoms with E-state index in [0.717, 1.165) is 16.9 Å². The molecule has 0 aliphatic heterocycles. The molecule has 0 amide bonds. The van der Waals surface area contributed by atoms with Crippen molar-refractivity contribution in [3.8, 4) is 0 Å². The minimum absolute atomic E-state index is 0.230. The van der Waals surface area contributed by atoms with Crippen molar-refractivity contribution in [2.24, 2.45) is 0 Å². The van der Waals surface area contributed by atoms with Gasteiger partial charge in [0, 0.05) is 7.11 Å². The molecule has 1 heterocycles. The van der Waals surface area contributed by atoms with Crippen molar-refractivity contribution in [1.29, 1.82) is 0 Å². The van der Waals surface area contributed by atoms with Gasteiger partial charge >= 0.3 is 0 Å². The molecule has 2 aromatic carbocycles. The van der Waals surface area contributed by atoms with E-state index in [0.29, 0.717) is 6.61 Å². The molecule has 0 fully saturated rings. The summed E-state index contributed by atoms with van der Waals surface area (Å²) in [4.78, 5) is 4.69. The zero-order valence-corrected chi connectivity index (χ0v) is 11.8. The molecule has 3 rings (SSSR count). The molecule has 102 valence electrons. The van der Waals surface area contributed by atoms with E-state index >= 15 is 0 Å². The van der Waals surface area contributed by atoms with Crippen molar-refractivity contribution >= 4 is 11.0 Å². The van der Waals surface area contributed by atoms with Crippen molar-refractivity contribution in [2.45, 2.75) is 19.6 Å². The molecule has 0 saturated heterocycles. The van der Waals surface area contributed by atoms with Crippen LogP contribution < -0.4 is 0 Å². The summed E-state index contributed by atoms with van der Waals surface area (Å²) in [6.45, 7) is 2.72. The molecule has 0 radical (unpaired) electrons. The topological polar surface area (TPSA) is 27.1 Å². The minimum atomic E-state index is 0.230. The van der Waals surface area contributed by atoms with E-state index in [2.05, 4.69) is 52.9 Å². The lowest BCUT2D eigenvalue weighted by Crippen LogP contribution is -2.11. The highest BCUT2D eigenvalue weighted by atomic mass is 16.5. The smallest absolute Gasteiger partial charge is 0.136 e. The number of methoxy groups -OCH3 is 1. The van der Waals surface area contributed by atoms with E-state index in [-0.39, 0.29) is 6.04 Å². The molecule has 3 aromatic rings. The molecular weight excluding hydrogens is 248 g/mol. The van der Waals surface area contributed by atoms with Crippen LogP contribution in [0.1, 0.15) is 24.4 Å². The highest BCUT2D eigenvalue weighted by Crippen LogP contribution is 2.26. The average Bonchev–Trinajstić information content (AvgIpc) is 2.86. The number of aromatic nitrogens is 2. The maximum atomic E-state index is 5.30. The molecule has 0 unspecified atom stereocenters. The van der Waals surface area contributed by atoms with Gasteiger partial charge in [0.05, 0.1) is 17.1 Å². The number of benzene rings is 2. The highest BCUT2D eigenvalue weighted by Gasteiger charge is 2.16. The molecule has 1 atom stereocenters. The first kappa shape index (κ1) is 12.9. The summed E-state index contributed by atoms with van der Waals surface area (Å²) in [6, 6.07) is 18.9. The lowest BCUT2D eigenvalue weighted by atomic mass is 10.1. The Labute approximate surface area is 118 Å². The fourth-order valence-electron chi connectivity index (χ4n) is 2.64. The first-order valence-electron chi connectivity index (χ1n) is 6.81. The minimum Gasteiger partial charge on any atom is -0.377 e. The molecule has 0 spiro atoms. The van der Waals surface area contributed by atoms with E-state index in [1.165, 1.54) is 5.56 Å². The Bertz CT molecular complexity index is 703. The van der Waals surface area contributed by atoms with Crippen LogP contribution >= 0.6 is 0 Å². The summed E-state index contributed by atoms with van der Waals surface area (Å²) in [5, 5.41) is 0. The van der Waals surface area contributed by atoms with Crippen molar-refractivity contribution in [2.75, 3.05) is 7.11 Å². The summed E-state index contributed by atoms with van der Waals surface area (Å²) >= 11 is 0. The van der Waals surface area contributed by atoms with Gasteiger partial charge in [0.15, 0.2) is 0 Å². The van der Waals surface area contributed by atoms with Crippen LogP contribution in [0, 0.1) is 0 Å². The number of nitrogens with zero attached hydrogens (tertiary/aromatic N) is 2. The van der Waals surface area contributed by atoms with Crippen LogP contribution in [0.5, 0.6) is 0 Å². The van der Waals surface area contributed by atoms with Crippen LogP contribution in [0.15, 0.2) is 54.6 Å². The molecule has 0 saturated carbocycles. The predicted octanol–water partition coefficient (Wildman–Crippen LogP) is 3.79. The van der Waals surface area contributed by atoms with Gasteiger partial charge in [-0.25, -0.2) is 4.98 Å². The van der Waals surface area contributed by atoms with Crippen molar-refractivity contribution in [3.63, 3.8) is 0 Å². The summed E-state index contributed by atoms with van der Waals surface area (Å²) in [6.07, 6.45) is 0. The highest BCUT2D eigenvalue weighted by molar-refractivity contribution is 5.76. The fourth-order valence-corrected chi connectivity index (χ4v) is 2.64. The number of imidazole rings is 1. The van der Waals surface area contributed by atoms with Gasteiger partial charge in [-0.2, -0.15) is 0 Å². The Morgan fingerprint density at radius 1 is 1.05 bits per heavy atom. The van der Waals surface area contributed by atoms with Gasteiger partial charge in [-0.1, -0.05) is 42.5 Å². The summed E-state index contributed by atoms with van der Waals surface area (Å²) in [5.74, 6) is 0.963. The second kappa shape index (κ2) is 5.47. The van der Waals surface area contributed by atoms with Crippen LogP contribution in [-0.4, -0.2) is 16.7 Å². The molecule has 0 aliphatic rings. The van der Waals surface area contributed by atoms with E-state index in [4.69, 9.17) is 4.74 Å². The second-order valence-electron chi connectivity index (χ2n) is 4.91. The van der Waals surface area contributed by atoms with Crippen LogP contribution in [-0.2, 0) is 11.3 Å². The number of rotatable bonds is 4. The van der Waals surface area contributed by atoms with Gasteiger partial charge in [-0.15, -0.1) is 0 Å². The van der Waals surface area contributed by atoms with E-state index < -0.39 is 0 Å².